The molecular weight excluding hydrogens is 240 g/mol. The number of hydrogen-bond donors (Lipinski definition) is 1. The monoisotopic (exact) mass is 266 g/mol. The van der Waals surface area contributed by atoms with Crippen LogP contribution in [-0.2, 0) is 9.53 Å². The van der Waals surface area contributed by atoms with Crippen molar-refractivity contribution in [2.75, 3.05) is 7.11 Å². The third-order valence-electron chi connectivity index (χ3n) is 2.75. The van der Waals surface area contributed by atoms with Crippen LogP contribution in [0.3, 0.4) is 0 Å². The lowest BCUT2D eigenvalue weighted by atomic mass is 10.1. The normalized spacial score (nSPS) is 11.9. The first-order chi connectivity index (χ1) is 9.20. The van der Waals surface area contributed by atoms with E-state index in [2.05, 4.69) is 16.6 Å². The number of methoxy groups -OCH3 is 1. The number of esters is 1. The number of ether oxygens (including phenoxy) is 1. The molecule has 3 heteroatoms. The molecule has 0 heterocycles. The van der Waals surface area contributed by atoms with Crippen molar-refractivity contribution in [3.05, 3.63) is 12.2 Å². The van der Waals surface area contributed by atoms with Crippen molar-refractivity contribution in [2.24, 2.45) is 0 Å². The van der Waals surface area contributed by atoms with E-state index in [-0.39, 0.29) is 12.1 Å². The number of hydrogen-bond acceptors (Lipinski definition) is 3. The Hall–Kier alpha value is -1.27. The minimum absolute atomic E-state index is 0.129. The second kappa shape index (κ2) is 13.2. The zero-order valence-corrected chi connectivity index (χ0v) is 12.2. The first-order valence-electron chi connectivity index (χ1n) is 7.10. The molecule has 0 aromatic rings. The summed E-state index contributed by atoms with van der Waals surface area (Å²) < 4.78 is 4.57. The van der Waals surface area contributed by atoms with Gasteiger partial charge in [-0.2, -0.15) is 0 Å². The molecule has 0 aliphatic carbocycles. The fraction of sp³-hybridized carbons (Fsp3) is 0.688. The second-order valence-corrected chi connectivity index (χ2v) is 4.53. The fourth-order valence-corrected chi connectivity index (χ4v) is 1.62. The molecule has 0 amide bonds. The molecule has 0 saturated carbocycles. The minimum atomic E-state index is -0.363. The summed E-state index contributed by atoms with van der Waals surface area (Å²) in [5.74, 6) is 5.85. The van der Waals surface area contributed by atoms with Gasteiger partial charge in [0.2, 0.25) is 0 Å². The van der Waals surface area contributed by atoms with E-state index in [9.17, 15) is 9.90 Å². The molecule has 0 aliphatic heterocycles. The maximum Gasteiger partial charge on any atom is 0.305 e. The summed E-state index contributed by atoms with van der Waals surface area (Å²) in [7, 11) is 1.42. The molecule has 3 nitrogen and oxygen atoms in total. The van der Waals surface area contributed by atoms with Crippen molar-refractivity contribution in [1.82, 2.24) is 0 Å². The summed E-state index contributed by atoms with van der Waals surface area (Å²) in [6.07, 6.45) is 10.3. The molecule has 0 aliphatic rings. The highest BCUT2D eigenvalue weighted by Gasteiger charge is 1.98. The Balaban J connectivity index is 3.42. The zero-order valence-electron chi connectivity index (χ0n) is 12.2. The van der Waals surface area contributed by atoms with E-state index >= 15 is 0 Å². The van der Waals surface area contributed by atoms with Crippen molar-refractivity contribution in [3.8, 4) is 11.8 Å². The van der Waals surface area contributed by atoms with Crippen LogP contribution in [0.1, 0.15) is 58.3 Å². The van der Waals surface area contributed by atoms with Crippen molar-refractivity contribution in [2.45, 2.75) is 64.4 Å². The van der Waals surface area contributed by atoms with Gasteiger partial charge in [0.05, 0.1) is 13.2 Å². The van der Waals surface area contributed by atoms with Gasteiger partial charge in [0.15, 0.2) is 0 Å². The van der Waals surface area contributed by atoms with Crippen molar-refractivity contribution < 1.29 is 14.6 Å². The number of aliphatic hydroxyl groups is 1. The number of carbonyl (C=O) groups excluding carboxylic acids is 1. The molecule has 0 aromatic carbocycles. The smallest absolute Gasteiger partial charge is 0.305 e. The van der Waals surface area contributed by atoms with Gasteiger partial charge in [-0.1, -0.05) is 38.0 Å². The highest BCUT2D eigenvalue weighted by molar-refractivity contribution is 5.68. The highest BCUT2D eigenvalue weighted by Crippen LogP contribution is 2.05. The van der Waals surface area contributed by atoms with Crippen molar-refractivity contribution >= 4 is 5.97 Å². The predicted molar refractivity (Wildman–Crippen MR) is 77.5 cm³/mol. The quantitative estimate of drug-likeness (QED) is 0.396. The maximum atomic E-state index is 10.8. The van der Waals surface area contributed by atoms with Gasteiger partial charge in [0.25, 0.3) is 0 Å². The Labute approximate surface area is 117 Å². The lowest BCUT2D eigenvalue weighted by Crippen LogP contribution is -1.99. The van der Waals surface area contributed by atoms with Gasteiger partial charge in [0, 0.05) is 12.8 Å². The molecule has 0 spiro atoms. The second-order valence-electron chi connectivity index (χ2n) is 4.53. The van der Waals surface area contributed by atoms with Gasteiger partial charge in [0.1, 0.15) is 0 Å². The molecular formula is C16H26O3. The average Bonchev–Trinajstić information content (AvgIpc) is 2.40. The van der Waals surface area contributed by atoms with E-state index in [4.69, 9.17) is 0 Å². The summed E-state index contributed by atoms with van der Waals surface area (Å²) in [5, 5.41) is 9.42. The van der Waals surface area contributed by atoms with Crippen LogP contribution in [0.5, 0.6) is 0 Å². The molecule has 1 N–H and O–H groups in total. The summed E-state index contributed by atoms with van der Waals surface area (Å²) in [6.45, 7) is 2.04. The van der Waals surface area contributed by atoms with Crippen molar-refractivity contribution in [3.63, 3.8) is 0 Å². The molecule has 1 atom stereocenters. The zero-order chi connectivity index (χ0) is 14.3. The topological polar surface area (TPSA) is 46.5 Å². The van der Waals surface area contributed by atoms with E-state index in [1.807, 2.05) is 6.92 Å². The number of allylic oxidation sites excluding steroid dienone is 1. The van der Waals surface area contributed by atoms with Gasteiger partial charge < -0.3 is 9.84 Å². The SMILES string of the molecule is CCCC(O)/C=C/C#CCCCCCCC(=O)OC. The average molecular weight is 266 g/mol. The van der Waals surface area contributed by atoms with Gasteiger partial charge in [-0.15, -0.1) is 0 Å². The van der Waals surface area contributed by atoms with Crippen LogP contribution >= 0.6 is 0 Å². The van der Waals surface area contributed by atoms with E-state index in [1.165, 1.54) is 7.11 Å². The molecule has 0 rings (SSSR count). The Morgan fingerprint density at radius 3 is 2.74 bits per heavy atom. The number of aliphatic hydroxyl groups excluding tert-OH is 1. The minimum Gasteiger partial charge on any atom is -0.469 e. The molecule has 0 saturated heterocycles. The van der Waals surface area contributed by atoms with Crippen LogP contribution in [-0.4, -0.2) is 24.3 Å². The van der Waals surface area contributed by atoms with E-state index in [1.54, 1.807) is 12.2 Å². The fourth-order valence-electron chi connectivity index (χ4n) is 1.62. The number of rotatable bonds is 9. The van der Waals surface area contributed by atoms with Gasteiger partial charge in [-0.05, 0) is 31.4 Å². The van der Waals surface area contributed by atoms with Gasteiger partial charge in [-0.25, -0.2) is 0 Å². The molecule has 108 valence electrons. The molecule has 19 heavy (non-hydrogen) atoms. The Kier molecular flexibility index (Phi) is 12.3. The highest BCUT2D eigenvalue weighted by atomic mass is 16.5. The van der Waals surface area contributed by atoms with Crippen molar-refractivity contribution in [1.29, 1.82) is 0 Å². The van der Waals surface area contributed by atoms with Gasteiger partial charge >= 0.3 is 5.97 Å². The molecule has 0 fully saturated rings. The Morgan fingerprint density at radius 2 is 2.05 bits per heavy atom. The summed E-state index contributed by atoms with van der Waals surface area (Å²) in [6, 6.07) is 0. The lowest BCUT2D eigenvalue weighted by Gasteiger charge is -1.99. The Bertz CT molecular complexity index is 310. The standard InChI is InChI=1S/C16H26O3/c1-3-12-15(17)13-10-8-6-4-5-7-9-11-14-16(18)19-2/h10,13,15,17H,3-5,7,9,11-12,14H2,1-2H3/b13-10+. The van der Waals surface area contributed by atoms with E-state index < -0.39 is 0 Å². The van der Waals surface area contributed by atoms with Crippen LogP contribution in [0.25, 0.3) is 0 Å². The summed E-state index contributed by atoms with van der Waals surface area (Å²) in [4.78, 5) is 10.8. The number of unbranched alkanes of at least 4 members (excludes halogenated alkanes) is 4. The number of carbonyl (C=O) groups is 1. The van der Waals surface area contributed by atoms with Crippen LogP contribution in [0.4, 0.5) is 0 Å². The summed E-state index contributed by atoms with van der Waals surface area (Å²) >= 11 is 0. The third kappa shape index (κ3) is 13.0. The van der Waals surface area contributed by atoms with E-state index in [0.717, 1.165) is 44.9 Å². The Morgan fingerprint density at radius 1 is 1.32 bits per heavy atom. The van der Waals surface area contributed by atoms with Crippen LogP contribution in [0, 0.1) is 11.8 Å². The molecule has 0 radical (unpaired) electrons. The third-order valence-corrected chi connectivity index (χ3v) is 2.75. The maximum absolute atomic E-state index is 10.8. The summed E-state index contributed by atoms with van der Waals surface area (Å²) in [5.41, 5.74) is 0. The van der Waals surface area contributed by atoms with Crippen LogP contribution < -0.4 is 0 Å². The largest absolute Gasteiger partial charge is 0.469 e. The first-order valence-corrected chi connectivity index (χ1v) is 7.10. The lowest BCUT2D eigenvalue weighted by molar-refractivity contribution is -0.140. The van der Waals surface area contributed by atoms with Gasteiger partial charge in [-0.3, -0.25) is 4.79 Å². The van der Waals surface area contributed by atoms with E-state index in [0.29, 0.717) is 6.42 Å². The molecule has 0 aromatic heterocycles. The predicted octanol–water partition coefficient (Wildman–Crippen LogP) is 3.22. The van der Waals surface area contributed by atoms with Crippen LogP contribution in [0.2, 0.25) is 0 Å². The molecule has 0 bridgehead atoms. The molecule has 1 unspecified atom stereocenters. The van der Waals surface area contributed by atoms with Crippen LogP contribution in [0.15, 0.2) is 12.2 Å². The first kappa shape index (κ1) is 17.7.